The number of carboxylic acids is 1. The summed E-state index contributed by atoms with van der Waals surface area (Å²) in [6, 6.07) is 14.4. The first-order chi connectivity index (χ1) is 11.6. The van der Waals surface area contributed by atoms with Crippen LogP contribution in [0.5, 0.6) is 0 Å². The molecule has 3 aromatic rings. The van der Waals surface area contributed by atoms with E-state index in [2.05, 4.69) is 16.6 Å². The minimum atomic E-state index is -1.02. The lowest BCUT2D eigenvalue weighted by molar-refractivity contribution is 0.0698. The molecule has 2 N–H and O–H groups in total. The third kappa shape index (κ3) is 2.59. The maximum absolute atomic E-state index is 11.2. The van der Waals surface area contributed by atoms with E-state index in [1.54, 1.807) is 24.4 Å². The third-order valence-corrected chi connectivity index (χ3v) is 3.78. The number of carboxylic acid groups (broad SMARTS) is 1. The molecule has 2 aromatic heterocycles. The first-order valence-corrected chi connectivity index (χ1v) is 7.24. The number of carbonyl (C=O) groups is 1. The predicted molar refractivity (Wildman–Crippen MR) is 91.5 cm³/mol. The Balaban J connectivity index is 1.97. The average Bonchev–Trinajstić information content (AvgIpc) is 2.86. The van der Waals surface area contributed by atoms with Crippen LogP contribution in [0.2, 0.25) is 0 Å². The Kier molecular flexibility index (Phi) is 4.00. The minimum absolute atomic E-state index is 0.144. The van der Waals surface area contributed by atoms with Crippen molar-refractivity contribution in [2.24, 2.45) is 5.10 Å². The number of hydrazone groups is 1. The van der Waals surface area contributed by atoms with Gasteiger partial charge in [0, 0.05) is 11.8 Å². The normalized spacial score (nSPS) is 10.8. The van der Waals surface area contributed by atoms with Gasteiger partial charge in [0.05, 0.1) is 23.0 Å². The Bertz CT molecular complexity index is 996. The van der Waals surface area contributed by atoms with E-state index < -0.39 is 5.97 Å². The Hall–Kier alpha value is -3.59. The number of aromatic nitrogens is 1. The summed E-state index contributed by atoms with van der Waals surface area (Å²) in [4.78, 5) is 11.2. The van der Waals surface area contributed by atoms with Crippen molar-refractivity contribution < 1.29 is 9.90 Å². The van der Waals surface area contributed by atoms with E-state index in [0.29, 0.717) is 11.4 Å². The Morgan fingerprint density at radius 2 is 2.04 bits per heavy atom. The second-order valence-electron chi connectivity index (χ2n) is 5.18. The zero-order valence-corrected chi connectivity index (χ0v) is 12.9. The molecule has 0 aliphatic carbocycles. The van der Waals surface area contributed by atoms with Crippen molar-refractivity contribution in [1.29, 1.82) is 5.26 Å². The number of nitriles is 1. The van der Waals surface area contributed by atoms with E-state index in [1.807, 2.05) is 35.7 Å². The van der Waals surface area contributed by atoms with E-state index in [4.69, 9.17) is 0 Å². The van der Waals surface area contributed by atoms with Gasteiger partial charge >= 0.3 is 5.97 Å². The molecule has 0 aliphatic rings. The van der Waals surface area contributed by atoms with Crippen LogP contribution in [0.25, 0.3) is 5.52 Å². The van der Waals surface area contributed by atoms with Crippen molar-refractivity contribution >= 4 is 23.4 Å². The number of benzene rings is 1. The SMILES string of the molecule is Cc1c(/C=N/Nc2ccccc2C(=O)O)c2ccccn2c1C#N. The number of anilines is 1. The summed E-state index contributed by atoms with van der Waals surface area (Å²) in [5.41, 5.74) is 6.36. The van der Waals surface area contributed by atoms with E-state index in [0.717, 1.165) is 16.6 Å². The summed E-state index contributed by atoms with van der Waals surface area (Å²) < 4.78 is 1.81. The van der Waals surface area contributed by atoms with Crippen molar-refractivity contribution in [3.63, 3.8) is 0 Å². The molecule has 0 atom stereocenters. The fraction of sp³-hybridized carbons (Fsp3) is 0.0556. The van der Waals surface area contributed by atoms with Crippen LogP contribution in [-0.2, 0) is 0 Å². The van der Waals surface area contributed by atoms with Gasteiger partial charge in [0.2, 0.25) is 0 Å². The van der Waals surface area contributed by atoms with Crippen molar-refractivity contribution in [2.75, 3.05) is 5.43 Å². The van der Waals surface area contributed by atoms with Gasteiger partial charge in [-0.15, -0.1) is 0 Å². The molecule has 118 valence electrons. The fourth-order valence-corrected chi connectivity index (χ4v) is 2.59. The van der Waals surface area contributed by atoms with E-state index in [1.165, 1.54) is 6.07 Å². The molecule has 0 unspecified atom stereocenters. The molecule has 3 rings (SSSR count). The van der Waals surface area contributed by atoms with Crippen LogP contribution in [-0.4, -0.2) is 21.7 Å². The maximum atomic E-state index is 11.2. The molecule has 0 bridgehead atoms. The van der Waals surface area contributed by atoms with Crippen LogP contribution < -0.4 is 5.43 Å². The fourth-order valence-electron chi connectivity index (χ4n) is 2.59. The Morgan fingerprint density at radius 3 is 2.79 bits per heavy atom. The van der Waals surface area contributed by atoms with Gasteiger partial charge < -0.3 is 9.51 Å². The van der Waals surface area contributed by atoms with Crippen molar-refractivity contribution in [3.05, 3.63) is 71.0 Å². The standard InChI is InChI=1S/C18H14N4O2/c1-12-14(16-8-4-5-9-22(16)17(12)10-19)11-20-21-15-7-3-2-6-13(15)18(23)24/h2-9,11,21H,1H3,(H,23,24)/b20-11+. The van der Waals surface area contributed by atoms with Gasteiger partial charge in [-0.3, -0.25) is 5.43 Å². The van der Waals surface area contributed by atoms with E-state index in [-0.39, 0.29) is 5.56 Å². The molecule has 2 heterocycles. The largest absolute Gasteiger partial charge is 0.478 e. The zero-order chi connectivity index (χ0) is 17.1. The molecule has 0 radical (unpaired) electrons. The number of pyridine rings is 1. The van der Waals surface area contributed by atoms with Crippen LogP contribution in [0.3, 0.4) is 0 Å². The maximum Gasteiger partial charge on any atom is 0.337 e. The van der Waals surface area contributed by atoms with Gasteiger partial charge in [-0.1, -0.05) is 18.2 Å². The Morgan fingerprint density at radius 1 is 1.29 bits per heavy atom. The molecule has 24 heavy (non-hydrogen) atoms. The number of hydrogen-bond donors (Lipinski definition) is 2. The second kappa shape index (κ2) is 6.26. The predicted octanol–water partition coefficient (Wildman–Crippen LogP) is 3.26. The van der Waals surface area contributed by atoms with Crippen LogP contribution in [0.15, 0.2) is 53.8 Å². The van der Waals surface area contributed by atoms with Gasteiger partial charge in [0.15, 0.2) is 0 Å². The van der Waals surface area contributed by atoms with Gasteiger partial charge in [-0.2, -0.15) is 10.4 Å². The molecule has 0 spiro atoms. The summed E-state index contributed by atoms with van der Waals surface area (Å²) >= 11 is 0. The van der Waals surface area contributed by atoms with E-state index in [9.17, 15) is 15.2 Å². The Labute approximate surface area is 138 Å². The molecule has 0 fully saturated rings. The first-order valence-electron chi connectivity index (χ1n) is 7.24. The average molecular weight is 318 g/mol. The quantitative estimate of drug-likeness (QED) is 0.570. The molecule has 6 nitrogen and oxygen atoms in total. The van der Waals surface area contributed by atoms with E-state index >= 15 is 0 Å². The highest BCUT2D eigenvalue weighted by Gasteiger charge is 2.13. The highest BCUT2D eigenvalue weighted by Crippen LogP contribution is 2.21. The molecule has 0 amide bonds. The molecule has 0 saturated carbocycles. The number of rotatable bonds is 4. The third-order valence-electron chi connectivity index (χ3n) is 3.78. The first kappa shape index (κ1) is 15.3. The number of fused-ring (bicyclic) bond motifs is 1. The molecule has 0 aliphatic heterocycles. The van der Waals surface area contributed by atoms with Gasteiger partial charge in [0.1, 0.15) is 11.8 Å². The summed E-state index contributed by atoms with van der Waals surface area (Å²) in [5.74, 6) is -1.02. The molecular formula is C18H14N4O2. The van der Waals surface area contributed by atoms with Crippen molar-refractivity contribution in [3.8, 4) is 6.07 Å². The minimum Gasteiger partial charge on any atom is -0.478 e. The topological polar surface area (TPSA) is 89.9 Å². The number of para-hydroxylation sites is 1. The van der Waals surface area contributed by atoms with Crippen LogP contribution in [0, 0.1) is 18.3 Å². The monoisotopic (exact) mass is 318 g/mol. The van der Waals surface area contributed by atoms with Crippen molar-refractivity contribution in [2.45, 2.75) is 6.92 Å². The highest BCUT2D eigenvalue weighted by atomic mass is 16.4. The summed E-state index contributed by atoms with van der Waals surface area (Å²) in [7, 11) is 0. The van der Waals surface area contributed by atoms with Gasteiger partial charge in [-0.05, 0) is 36.8 Å². The summed E-state index contributed by atoms with van der Waals surface area (Å²) in [6.07, 6.45) is 3.43. The summed E-state index contributed by atoms with van der Waals surface area (Å²) in [6.45, 7) is 1.86. The number of hydrogen-bond acceptors (Lipinski definition) is 4. The van der Waals surface area contributed by atoms with Gasteiger partial charge in [0.25, 0.3) is 0 Å². The van der Waals surface area contributed by atoms with Crippen LogP contribution in [0.4, 0.5) is 5.69 Å². The lowest BCUT2D eigenvalue weighted by atomic mass is 10.1. The number of nitrogens with zero attached hydrogens (tertiary/aromatic N) is 3. The molecule has 1 aromatic carbocycles. The smallest absolute Gasteiger partial charge is 0.337 e. The summed E-state index contributed by atoms with van der Waals surface area (Å²) in [5, 5.41) is 22.7. The highest BCUT2D eigenvalue weighted by molar-refractivity contribution is 5.95. The molecule has 6 heteroatoms. The lowest BCUT2D eigenvalue weighted by Gasteiger charge is -2.04. The lowest BCUT2D eigenvalue weighted by Crippen LogP contribution is -2.02. The van der Waals surface area contributed by atoms with Crippen LogP contribution >= 0.6 is 0 Å². The molecular weight excluding hydrogens is 304 g/mol. The van der Waals surface area contributed by atoms with Crippen LogP contribution in [0.1, 0.15) is 27.2 Å². The van der Waals surface area contributed by atoms with Gasteiger partial charge in [-0.25, -0.2) is 4.79 Å². The molecule has 0 saturated heterocycles. The van der Waals surface area contributed by atoms with Crippen molar-refractivity contribution in [1.82, 2.24) is 4.40 Å². The zero-order valence-electron chi connectivity index (χ0n) is 12.9. The number of nitrogens with one attached hydrogen (secondary N) is 1. The second-order valence-corrected chi connectivity index (χ2v) is 5.18. The number of aromatic carboxylic acids is 1.